The summed E-state index contributed by atoms with van der Waals surface area (Å²) in [5.74, 6) is 1.64. The van der Waals surface area contributed by atoms with Crippen LogP contribution in [0.2, 0.25) is 0 Å². The fourth-order valence-electron chi connectivity index (χ4n) is 6.65. The Labute approximate surface area is 273 Å². The molecule has 2 fully saturated rings. The fourth-order valence-corrected chi connectivity index (χ4v) is 6.65. The van der Waals surface area contributed by atoms with Gasteiger partial charge in [-0.3, -0.25) is 9.59 Å². The maximum absolute atomic E-state index is 13.2. The highest BCUT2D eigenvalue weighted by atomic mass is 16.5. The van der Waals surface area contributed by atoms with Gasteiger partial charge in [0.05, 0.1) is 38.3 Å². The zero-order valence-electron chi connectivity index (χ0n) is 27.7. The highest BCUT2D eigenvalue weighted by Gasteiger charge is 2.41. The van der Waals surface area contributed by atoms with Crippen LogP contribution in [0, 0.1) is 0 Å². The molecular weight excluding hydrogens is 586 g/mol. The van der Waals surface area contributed by atoms with Gasteiger partial charge in [-0.15, -0.1) is 0 Å². The van der Waals surface area contributed by atoms with Crippen molar-refractivity contribution in [1.82, 2.24) is 20.6 Å². The van der Waals surface area contributed by atoms with Crippen molar-refractivity contribution in [3.8, 4) is 5.75 Å². The average Bonchev–Trinajstić information content (AvgIpc) is 3.62. The average molecular weight is 638 g/mol. The van der Waals surface area contributed by atoms with E-state index in [1.807, 2.05) is 6.07 Å². The van der Waals surface area contributed by atoms with Crippen molar-refractivity contribution in [3.05, 3.63) is 30.0 Å². The SMILES string of the molecule is CC[C@@H]1C(=O)N(C)c2cnc(Nc3ccc(C(=O)NCCCCCOCCOC4CCNCC4)cc3OC)nc2N1C1CCCC1. The van der Waals surface area contributed by atoms with E-state index >= 15 is 0 Å². The molecule has 3 heterocycles. The molecule has 2 amide bonds. The Bertz CT molecular complexity index is 1300. The number of piperidine rings is 1. The third kappa shape index (κ3) is 8.45. The first kappa shape index (κ1) is 33.9. The number of carbonyl (C=O) groups excluding carboxylic acids is 2. The molecule has 1 aromatic carbocycles. The van der Waals surface area contributed by atoms with Gasteiger partial charge in [-0.05, 0) is 82.7 Å². The zero-order valence-corrected chi connectivity index (χ0v) is 27.7. The highest BCUT2D eigenvalue weighted by Crippen LogP contribution is 2.40. The van der Waals surface area contributed by atoms with E-state index < -0.39 is 0 Å². The Balaban J connectivity index is 1.10. The molecule has 46 heavy (non-hydrogen) atoms. The number of amides is 2. The molecule has 1 atom stereocenters. The van der Waals surface area contributed by atoms with Crippen LogP contribution in [0.5, 0.6) is 5.75 Å². The molecule has 252 valence electrons. The molecule has 12 nitrogen and oxygen atoms in total. The molecule has 1 aliphatic carbocycles. The zero-order chi connectivity index (χ0) is 32.3. The number of fused-ring (bicyclic) bond motifs is 1. The summed E-state index contributed by atoms with van der Waals surface area (Å²) in [5, 5.41) is 9.63. The second-order valence-corrected chi connectivity index (χ2v) is 12.4. The summed E-state index contributed by atoms with van der Waals surface area (Å²) in [5.41, 5.74) is 1.89. The molecule has 0 spiro atoms. The van der Waals surface area contributed by atoms with E-state index in [-0.39, 0.29) is 17.9 Å². The largest absolute Gasteiger partial charge is 0.495 e. The summed E-state index contributed by atoms with van der Waals surface area (Å²) in [7, 11) is 3.37. The molecule has 5 rings (SSSR count). The second-order valence-electron chi connectivity index (χ2n) is 12.4. The number of aromatic nitrogens is 2. The first-order chi connectivity index (χ1) is 22.5. The smallest absolute Gasteiger partial charge is 0.251 e. The maximum Gasteiger partial charge on any atom is 0.251 e. The lowest BCUT2D eigenvalue weighted by atomic mass is 10.0. The second kappa shape index (κ2) is 16.9. The van der Waals surface area contributed by atoms with Gasteiger partial charge in [0.1, 0.15) is 17.5 Å². The van der Waals surface area contributed by atoms with Crippen molar-refractivity contribution in [1.29, 1.82) is 0 Å². The molecule has 2 aliphatic heterocycles. The number of hydrogen-bond acceptors (Lipinski definition) is 10. The van der Waals surface area contributed by atoms with Crippen LogP contribution in [0.4, 0.5) is 23.1 Å². The number of unbranched alkanes of at least 4 members (excludes halogenated alkanes) is 2. The predicted octanol–water partition coefficient (Wildman–Crippen LogP) is 4.42. The van der Waals surface area contributed by atoms with Gasteiger partial charge in [0.2, 0.25) is 11.9 Å². The predicted molar refractivity (Wildman–Crippen MR) is 179 cm³/mol. The minimum Gasteiger partial charge on any atom is -0.495 e. The van der Waals surface area contributed by atoms with Gasteiger partial charge < -0.3 is 40.0 Å². The Morgan fingerprint density at radius 3 is 2.63 bits per heavy atom. The van der Waals surface area contributed by atoms with Crippen molar-refractivity contribution < 1.29 is 23.8 Å². The van der Waals surface area contributed by atoms with Crippen LogP contribution in [0.15, 0.2) is 24.4 Å². The molecule has 0 unspecified atom stereocenters. The molecule has 1 saturated carbocycles. The first-order valence-corrected chi connectivity index (χ1v) is 17.1. The lowest BCUT2D eigenvalue weighted by molar-refractivity contribution is -0.120. The van der Waals surface area contributed by atoms with Gasteiger partial charge in [0, 0.05) is 31.8 Å². The molecule has 1 aromatic heterocycles. The van der Waals surface area contributed by atoms with Gasteiger partial charge in [-0.25, -0.2) is 4.98 Å². The molecule has 3 aliphatic rings. The van der Waals surface area contributed by atoms with Crippen molar-refractivity contribution in [2.24, 2.45) is 0 Å². The normalized spacial score (nSPS) is 18.9. The third-order valence-electron chi connectivity index (χ3n) is 9.24. The summed E-state index contributed by atoms with van der Waals surface area (Å²) in [4.78, 5) is 39.4. The van der Waals surface area contributed by atoms with Gasteiger partial charge in [0.15, 0.2) is 5.82 Å². The number of carbonyl (C=O) groups is 2. The lowest BCUT2D eigenvalue weighted by Crippen LogP contribution is -2.55. The van der Waals surface area contributed by atoms with Crippen molar-refractivity contribution in [2.45, 2.75) is 89.3 Å². The van der Waals surface area contributed by atoms with Crippen molar-refractivity contribution in [2.75, 3.05) is 68.7 Å². The number of nitrogens with one attached hydrogen (secondary N) is 3. The van der Waals surface area contributed by atoms with Crippen LogP contribution in [-0.2, 0) is 14.3 Å². The molecular formula is C34H51N7O5. The molecule has 3 N–H and O–H groups in total. The molecule has 1 saturated heterocycles. The van der Waals surface area contributed by atoms with Gasteiger partial charge >= 0.3 is 0 Å². The van der Waals surface area contributed by atoms with Crippen LogP contribution in [0.3, 0.4) is 0 Å². The van der Waals surface area contributed by atoms with E-state index in [1.54, 1.807) is 37.4 Å². The van der Waals surface area contributed by atoms with Crippen LogP contribution in [-0.4, -0.2) is 93.6 Å². The minimum absolute atomic E-state index is 0.0833. The standard InChI is InChI=1S/C34H51N7O5/c1-4-28-33(43)40(2)29-23-37-34(39-31(29)41(28)25-10-6-7-11-25)38-27-13-12-24(22-30(27)44-3)32(42)36-16-8-5-9-19-45-20-21-46-26-14-17-35-18-15-26/h12-13,22-23,25-26,28,35H,4-11,14-21H2,1-3H3,(H,36,42)(H,37,38,39)/t28-/m1/s1. The monoisotopic (exact) mass is 637 g/mol. The quantitative estimate of drug-likeness (QED) is 0.228. The van der Waals surface area contributed by atoms with Crippen LogP contribution in [0.1, 0.15) is 81.5 Å². The molecule has 0 radical (unpaired) electrons. The number of ether oxygens (including phenoxy) is 3. The van der Waals surface area contributed by atoms with E-state index in [2.05, 4.69) is 32.8 Å². The topological polar surface area (TPSA) is 130 Å². The molecule has 2 aromatic rings. The third-order valence-corrected chi connectivity index (χ3v) is 9.24. The summed E-state index contributed by atoms with van der Waals surface area (Å²) < 4.78 is 17.2. The summed E-state index contributed by atoms with van der Waals surface area (Å²) in [6.45, 7) is 6.69. The van der Waals surface area contributed by atoms with Gasteiger partial charge in [-0.1, -0.05) is 19.8 Å². The lowest BCUT2D eigenvalue weighted by Gasteiger charge is -2.43. The van der Waals surface area contributed by atoms with Crippen LogP contribution >= 0.6 is 0 Å². The number of likely N-dealkylation sites (N-methyl/N-ethyl adjacent to an activating group) is 1. The number of hydrogen-bond donors (Lipinski definition) is 3. The Morgan fingerprint density at radius 1 is 1.07 bits per heavy atom. The van der Waals surface area contributed by atoms with E-state index in [4.69, 9.17) is 19.2 Å². The fraction of sp³-hybridized carbons (Fsp3) is 0.647. The van der Waals surface area contributed by atoms with E-state index in [0.717, 1.165) is 82.4 Å². The molecule has 12 heteroatoms. The minimum atomic E-state index is -0.238. The maximum atomic E-state index is 13.2. The number of anilines is 4. The summed E-state index contributed by atoms with van der Waals surface area (Å²) >= 11 is 0. The number of methoxy groups -OCH3 is 1. The highest BCUT2D eigenvalue weighted by molar-refractivity contribution is 6.04. The van der Waals surface area contributed by atoms with Gasteiger partial charge in [-0.2, -0.15) is 4.98 Å². The Kier molecular flexibility index (Phi) is 12.4. The van der Waals surface area contributed by atoms with Crippen LogP contribution < -0.4 is 30.5 Å². The van der Waals surface area contributed by atoms with Crippen LogP contribution in [0.25, 0.3) is 0 Å². The van der Waals surface area contributed by atoms with E-state index in [9.17, 15) is 9.59 Å². The Morgan fingerprint density at radius 2 is 1.87 bits per heavy atom. The Hall–Kier alpha value is -3.48. The first-order valence-electron chi connectivity index (χ1n) is 17.1. The summed E-state index contributed by atoms with van der Waals surface area (Å²) in [6, 6.07) is 5.35. The van der Waals surface area contributed by atoms with Crippen molar-refractivity contribution >= 4 is 35.0 Å². The molecule has 0 bridgehead atoms. The van der Waals surface area contributed by atoms with Crippen molar-refractivity contribution in [3.63, 3.8) is 0 Å². The number of benzene rings is 1. The summed E-state index contributed by atoms with van der Waals surface area (Å²) in [6.07, 6.45) is 12.2. The number of rotatable bonds is 16. The number of nitrogens with zero attached hydrogens (tertiary/aromatic N) is 4. The van der Waals surface area contributed by atoms with E-state index in [0.29, 0.717) is 67.9 Å². The van der Waals surface area contributed by atoms with Gasteiger partial charge in [0.25, 0.3) is 5.91 Å². The van der Waals surface area contributed by atoms with E-state index in [1.165, 1.54) is 0 Å².